The quantitative estimate of drug-likeness (QED) is 0.724. The Balaban J connectivity index is 1.52. The molecule has 24 heavy (non-hydrogen) atoms. The third-order valence-electron chi connectivity index (χ3n) is 8.71. The van der Waals surface area contributed by atoms with Crippen molar-refractivity contribution in [3.05, 3.63) is 11.6 Å². The molecule has 0 amide bonds. The van der Waals surface area contributed by atoms with Gasteiger partial charge in [-0.25, -0.2) is 0 Å². The summed E-state index contributed by atoms with van der Waals surface area (Å²) in [6.07, 6.45) is 14.0. The summed E-state index contributed by atoms with van der Waals surface area (Å²) in [5.74, 6) is 4.44. The van der Waals surface area contributed by atoms with Crippen molar-refractivity contribution in [1.29, 1.82) is 0 Å². The van der Waals surface area contributed by atoms with E-state index in [1.54, 1.807) is 12.7 Å². The molecule has 0 spiro atoms. The first kappa shape index (κ1) is 17.1. The van der Waals surface area contributed by atoms with Gasteiger partial charge in [-0.1, -0.05) is 18.6 Å². The maximum absolute atomic E-state index is 10.8. The van der Waals surface area contributed by atoms with Crippen LogP contribution in [0, 0.1) is 35.0 Å². The zero-order valence-corrected chi connectivity index (χ0v) is 15.9. The molecule has 2 heteroatoms. The van der Waals surface area contributed by atoms with E-state index in [9.17, 15) is 5.11 Å². The Kier molecular flexibility index (Phi) is 4.36. The van der Waals surface area contributed by atoms with Gasteiger partial charge < -0.3 is 9.84 Å². The molecule has 0 bridgehead atoms. The lowest BCUT2D eigenvalue weighted by Gasteiger charge is -2.56. The average molecular weight is 333 g/mol. The fraction of sp³-hybridized carbons (Fsp3) is 0.909. The van der Waals surface area contributed by atoms with Crippen LogP contribution in [0.2, 0.25) is 0 Å². The van der Waals surface area contributed by atoms with E-state index in [2.05, 4.69) is 19.9 Å². The second kappa shape index (κ2) is 6.13. The van der Waals surface area contributed by atoms with Gasteiger partial charge in [0.15, 0.2) is 0 Å². The van der Waals surface area contributed by atoms with Gasteiger partial charge in [-0.3, -0.25) is 0 Å². The van der Waals surface area contributed by atoms with Crippen LogP contribution in [0.4, 0.5) is 0 Å². The van der Waals surface area contributed by atoms with Crippen LogP contribution >= 0.6 is 0 Å². The van der Waals surface area contributed by atoms with Crippen molar-refractivity contribution in [2.75, 3.05) is 13.7 Å². The number of allylic oxidation sites excluding steroid dienone is 2. The maximum atomic E-state index is 10.8. The number of aliphatic hydroxyl groups is 1. The summed E-state index contributed by atoms with van der Waals surface area (Å²) >= 11 is 0. The van der Waals surface area contributed by atoms with Crippen molar-refractivity contribution in [2.45, 2.75) is 77.2 Å². The van der Waals surface area contributed by atoms with E-state index in [1.165, 1.54) is 44.9 Å². The Labute approximate surface area is 148 Å². The fourth-order valence-corrected chi connectivity index (χ4v) is 7.68. The smallest absolute Gasteiger partial charge is 0.0882 e. The number of hydrogen-bond donors (Lipinski definition) is 1. The molecule has 0 aliphatic heterocycles. The van der Waals surface area contributed by atoms with E-state index in [-0.39, 0.29) is 0 Å². The molecule has 0 aromatic heterocycles. The average Bonchev–Trinajstić information content (AvgIpc) is 2.90. The van der Waals surface area contributed by atoms with E-state index in [1.807, 2.05) is 0 Å². The van der Waals surface area contributed by atoms with Crippen LogP contribution in [0.1, 0.15) is 71.6 Å². The molecule has 136 valence electrons. The molecule has 4 rings (SSSR count). The zero-order valence-electron chi connectivity index (χ0n) is 15.9. The molecule has 0 heterocycles. The number of fused-ring (bicyclic) bond motifs is 5. The summed E-state index contributed by atoms with van der Waals surface area (Å²) in [6, 6.07) is 0. The lowest BCUT2D eigenvalue weighted by Crippen LogP contribution is -2.51. The summed E-state index contributed by atoms with van der Waals surface area (Å²) in [5.41, 5.74) is 1.72. The molecule has 0 radical (unpaired) electrons. The van der Waals surface area contributed by atoms with Crippen LogP contribution in [0.5, 0.6) is 0 Å². The molecule has 0 unspecified atom stereocenters. The molecular formula is C22H36O2. The minimum Gasteiger partial charge on any atom is -0.387 e. The summed E-state index contributed by atoms with van der Waals surface area (Å²) in [7, 11) is 1.72. The molecule has 0 aromatic rings. The highest BCUT2D eigenvalue weighted by Gasteiger charge is 2.56. The van der Waals surface area contributed by atoms with Crippen molar-refractivity contribution in [3.8, 4) is 0 Å². The molecule has 4 aliphatic carbocycles. The largest absolute Gasteiger partial charge is 0.387 e. The predicted molar refractivity (Wildman–Crippen MR) is 97.7 cm³/mol. The highest BCUT2D eigenvalue weighted by Crippen LogP contribution is 2.64. The van der Waals surface area contributed by atoms with Crippen LogP contribution in [0.15, 0.2) is 11.6 Å². The summed E-state index contributed by atoms with van der Waals surface area (Å²) < 4.78 is 5.31. The fourth-order valence-electron chi connectivity index (χ4n) is 7.68. The predicted octanol–water partition coefficient (Wildman–Crippen LogP) is 4.96. The second-order valence-electron chi connectivity index (χ2n) is 9.64. The van der Waals surface area contributed by atoms with Crippen LogP contribution < -0.4 is 0 Å². The van der Waals surface area contributed by atoms with Crippen LogP contribution in [0.25, 0.3) is 0 Å². The Hall–Kier alpha value is -0.340. The maximum Gasteiger partial charge on any atom is 0.0882 e. The first-order chi connectivity index (χ1) is 11.5. The van der Waals surface area contributed by atoms with Crippen molar-refractivity contribution >= 4 is 0 Å². The number of hydrogen-bond acceptors (Lipinski definition) is 2. The van der Waals surface area contributed by atoms with Gasteiger partial charge in [0.2, 0.25) is 0 Å². The van der Waals surface area contributed by atoms with Crippen molar-refractivity contribution in [2.24, 2.45) is 35.0 Å². The minimum absolute atomic E-state index is 0.508. The topological polar surface area (TPSA) is 29.5 Å². The van der Waals surface area contributed by atoms with E-state index in [0.29, 0.717) is 12.0 Å². The van der Waals surface area contributed by atoms with Gasteiger partial charge in [0.25, 0.3) is 0 Å². The standard InChI is InChI=1S/C22H36O2/c1-4-16-6-8-20-19-7-5-15-13-22(23,14-24-3)12-10-17(15)18(19)9-11-21(16,20)2/h4,15,17-20,23H,5-14H2,1-3H3/b16-4-/t15-,17+,18-,19-,20+,21-,22-/m1/s1. The highest BCUT2D eigenvalue weighted by atomic mass is 16.5. The highest BCUT2D eigenvalue weighted by molar-refractivity contribution is 5.23. The molecule has 7 atom stereocenters. The lowest BCUT2D eigenvalue weighted by molar-refractivity contribution is -0.119. The number of ether oxygens (including phenoxy) is 1. The molecule has 4 fully saturated rings. The summed E-state index contributed by atoms with van der Waals surface area (Å²) in [6.45, 7) is 5.35. The summed E-state index contributed by atoms with van der Waals surface area (Å²) in [4.78, 5) is 0. The van der Waals surface area contributed by atoms with Crippen molar-refractivity contribution in [1.82, 2.24) is 0 Å². The number of rotatable bonds is 2. The molecule has 4 aliphatic rings. The van der Waals surface area contributed by atoms with Gasteiger partial charge in [-0.2, -0.15) is 0 Å². The Morgan fingerprint density at radius 2 is 1.88 bits per heavy atom. The molecule has 0 aromatic carbocycles. The zero-order chi connectivity index (χ0) is 16.9. The normalized spacial score (nSPS) is 52.7. The molecular weight excluding hydrogens is 296 g/mol. The molecule has 1 N–H and O–H groups in total. The van der Waals surface area contributed by atoms with Gasteiger partial charge in [-0.15, -0.1) is 0 Å². The van der Waals surface area contributed by atoms with Gasteiger partial charge >= 0.3 is 0 Å². The molecule has 2 nitrogen and oxygen atoms in total. The minimum atomic E-state index is -0.544. The first-order valence-electron chi connectivity index (χ1n) is 10.4. The van der Waals surface area contributed by atoms with E-state index in [4.69, 9.17) is 4.74 Å². The van der Waals surface area contributed by atoms with Gasteiger partial charge in [0.1, 0.15) is 0 Å². The van der Waals surface area contributed by atoms with E-state index in [0.717, 1.165) is 42.4 Å². The summed E-state index contributed by atoms with van der Waals surface area (Å²) in [5, 5.41) is 10.8. The Morgan fingerprint density at radius 3 is 2.62 bits per heavy atom. The van der Waals surface area contributed by atoms with Crippen LogP contribution in [0.3, 0.4) is 0 Å². The van der Waals surface area contributed by atoms with E-state index >= 15 is 0 Å². The second-order valence-corrected chi connectivity index (χ2v) is 9.64. The van der Waals surface area contributed by atoms with Gasteiger partial charge in [-0.05, 0) is 99.7 Å². The van der Waals surface area contributed by atoms with E-state index < -0.39 is 5.60 Å². The Morgan fingerprint density at radius 1 is 1.08 bits per heavy atom. The van der Waals surface area contributed by atoms with Gasteiger partial charge in [0, 0.05) is 7.11 Å². The lowest BCUT2D eigenvalue weighted by atomic mass is 9.49. The first-order valence-corrected chi connectivity index (χ1v) is 10.4. The van der Waals surface area contributed by atoms with Gasteiger partial charge in [0.05, 0.1) is 12.2 Å². The molecule has 0 saturated heterocycles. The molecule has 4 saturated carbocycles. The SMILES string of the molecule is C/C=C1/CC[C@H]2[C@@H]3CC[C@@H]4C[C@@](O)(COC)CC[C@@H]4[C@H]3CC[C@]12C. The third-order valence-corrected chi connectivity index (χ3v) is 8.71. The van der Waals surface area contributed by atoms with Crippen LogP contribution in [-0.2, 0) is 4.74 Å². The monoisotopic (exact) mass is 332 g/mol. The van der Waals surface area contributed by atoms with Crippen molar-refractivity contribution < 1.29 is 9.84 Å². The Bertz CT molecular complexity index is 512. The number of methoxy groups -OCH3 is 1. The third kappa shape index (κ3) is 2.51. The van der Waals surface area contributed by atoms with Crippen molar-refractivity contribution in [3.63, 3.8) is 0 Å². The van der Waals surface area contributed by atoms with Crippen LogP contribution in [-0.4, -0.2) is 24.4 Å².